The Balaban J connectivity index is 1.56. The molecular weight excluding hydrogens is 546 g/mol. The van der Waals surface area contributed by atoms with E-state index in [4.69, 9.17) is 26.7 Å². The normalized spacial score (nSPS) is 21.8. The van der Waals surface area contributed by atoms with Gasteiger partial charge < -0.3 is 9.30 Å². The summed E-state index contributed by atoms with van der Waals surface area (Å²) in [5.74, 6) is -1.72. The van der Waals surface area contributed by atoms with Gasteiger partial charge in [-0.2, -0.15) is 0 Å². The Kier molecular flexibility index (Phi) is 2.09. The zero-order valence-corrected chi connectivity index (χ0v) is 22.4. The lowest BCUT2D eigenvalue weighted by Crippen LogP contribution is -2.32. The quantitative estimate of drug-likeness (QED) is 0.193. The van der Waals surface area contributed by atoms with Gasteiger partial charge in [-0.3, -0.25) is 0 Å². The Morgan fingerprint density at radius 2 is 1.11 bits per heavy atom. The summed E-state index contributed by atoms with van der Waals surface area (Å²) in [7, 11) is 0. The zero-order chi connectivity index (χ0) is 52.2. The predicted octanol–water partition coefficient (Wildman–Crippen LogP) is 10.9. The van der Waals surface area contributed by atoms with Crippen LogP contribution in [0.4, 0.5) is 0 Å². The van der Waals surface area contributed by atoms with Crippen molar-refractivity contribution in [2.24, 2.45) is 0 Å². The number of aromatic nitrogens is 1. The number of hydrogen-bond donors (Lipinski definition) is 0. The number of rotatable bonds is 2. The van der Waals surface area contributed by atoms with Crippen molar-refractivity contribution in [3.05, 3.63) is 185 Å². The molecule has 2 heterocycles. The van der Waals surface area contributed by atoms with E-state index in [2.05, 4.69) is 0 Å². The molecule has 0 bridgehead atoms. The first-order chi connectivity index (χ1) is 33.1. The van der Waals surface area contributed by atoms with Crippen molar-refractivity contribution in [1.82, 2.24) is 4.57 Å². The number of fused-ring (bicyclic) bond motifs is 12. The summed E-state index contributed by atoms with van der Waals surface area (Å²) in [5, 5.41) is -1.12. The third-order valence-corrected chi connectivity index (χ3v) is 7.97. The van der Waals surface area contributed by atoms with Crippen LogP contribution in [-0.2, 0) is 5.41 Å². The minimum atomic E-state index is -2.95. The average molecular weight is 600 g/mol. The van der Waals surface area contributed by atoms with Crippen molar-refractivity contribution in [2.75, 3.05) is 0 Å². The average Bonchev–Trinajstić information content (AvgIpc) is 3.84. The Hall–Kier alpha value is -5.86. The van der Waals surface area contributed by atoms with Gasteiger partial charge in [0.15, 0.2) is 0 Å². The third-order valence-electron chi connectivity index (χ3n) is 7.97. The van der Waals surface area contributed by atoms with Crippen LogP contribution in [0.15, 0.2) is 163 Å². The van der Waals surface area contributed by atoms with Gasteiger partial charge >= 0.3 is 0 Å². The van der Waals surface area contributed by atoms with Crippen molar-refractivity contribution in [2.45, 2.75) is 5.41 Å². The van der Waals surface area contributed by atoms with E-state index in [-0.39, 0.29) is 0 Å². The summed E-state index contributed by atoms with van der Waals surface area (Å²) in [6.07, 6.45) is 0. The van der Waals surface area contributed by atoms with Gasteiger partial charge in [-0.25, -0.2) is 0 Å². The monoisotopic (exact) mass is 599 g/mol. The molecule has 10 rings (SSSR count). The first-order valence-corrected chi connectivity index (χ1v) is 13.4. The molecule has 2 aliphatic rings. The highest BCUT2D eigenvalue weighted by Gasteiger charge is 2.51. The van der Waals surface area contributed by atoms with Gasteiger partial charge in [0, 0.05) is 33.2 Å². The number of ether oxygens (including phenoxy) is 1. The lowest BCUT2D eigenvalue weighted by molar-refractivity contribution is 0.436. The highest BCUT2D eigenvalue weighted by atomic mass is 16.5. The molecule has 0 atom stereocenters. The number of benzene rings is 7. The highest BCUT2D eigenvalue weighted by molar-refractivity contribution is 6.13. The van der Waals surface area contributed by atoms with E-state index >= 15 is 0 Å². The Bertz CT molecular complexity index is 3840. The molecular formula is C43H27NO. The van der Waals surface area contributed by atoms with Crippen LogP contribution in [0.25, 0.3) is 49.7 Å². The molecule has 1 aliphatic heterocycles. The number of nitrogens with zero attached hydrogens (tertiary/aromatic N) is 1. The Labute approximate surface area is 297 Å². The third kappa shape index (κ3) is 3.18. The molecule has 1 spiro atoms. The largest absolute Gasteiger partial charge is 0.457 e. The summed E-state index contributed by atoms with van der Waals surface area (Å²) in [6.45, 7) is 0. The summed E-state index contributed by atoms with van der Waals surface area (Å²) in [6, 6.07) is -23.1. The van der Waals surface area contributed by atoms with Gasteiger partial charge in [-0.1, -0.05) is 127 Å². The van der Waals surface area contributed by atoms with E-state index in [0.717, 1.165) is 10.6 Å². The summed E-state index contributed by atoms with van der Waals surface area (Å²) < 4.78 is 244. The van der Waals surface area contributed by atoms with Crippen molar-refractivity contribution < 1.29 is 40.4 Å². The lowest BCUT2D eigenvalue weighted by atomic mass is 9.66. The molecule has 0 amide bonds. The van der Waals surface area contributed by atoms with Crippen LogP contribution in [0, 0.1) is 0 Å². The van der Waals surface area contributed by atoms with Crippen molar-refractivity contribution >= 4 is 21.8 Å². The molecule has 1 aromatic heterocycles. The van der Waals surface area contributed by atoms with Gasteiger partial charge in [-0.05, 0) is 64.1 Å². The van der Waals surface area contributed by atoms with E-state index < -0.39 is 246 Å². The molecule has 1 aliphatic carbocycles. The topological polar surface area (TPSA) is 14.2 Å². The fourth-order valence-corrected chi connectivity index (χ4v) is 6.28. The first-order valence-electron chi connectivity index (χ1n) is 26.4. The van der Waals surface area contributed by atoms with Crippen molar-refractivity contribution in [1.29, 1.82) is 0 Å². The highest BCUT2D eigenvalue weighted by Crippen LogP contribution is 2.62. The maximum absolute atomic E-state index is 10.4. The molecule has 2 nitrogen and oxygen atoms in total. The summed E-state index contributed by atoms with van der Waals surface area (Å²) in [5.41, 5.74) is -10.8. The second-order valence-corrected chi connectivity index (χ2v) is 10.1. The fraction of sp³-hybridized carbons (Fsp3) is 0.0233. The molecule has 0 radical (unpaired) electrons. The lowest BCUT2D eigenvalue weighted by Gasteiger charge is -2.39. The molecule has 0 saturated carbocycles. The van der Waals surface area contributed by atoms with Gasteiger partial charge in [0.1, 0.15) is 11.5 Å². The molecule has 0 N–H and O–H groups in total. The molecule has 210 valence electrons. The SMILES string of the molecule is [2H]c1cc([2H])c([2H])c(-n2c3c([2H])c([2H])c([2H])c([2H])c3c3c([2H])c([2H])c([2H])c(-c4c([2H])c([2H])c5c(c4[2H])C4(c6c([2H])c([2H])c([2H])c([2H])c6O5)c5c([2H])c([2H])c([2H])c([2H])c5-c5c([2H])c([2H])c([2H])c([2H])c54)c32)c1[2H]. The molecule has 2 heteroatoms. The van der Waals surface area contributed by atoms with E-state index in [1.54, 1.807) is 0 Å². The Morgan fingerprint density at radius 1 is 0.489 bits per heavy atom. The standard InChI is InChI=1S/C43H27NO/c1-2-13-29(14-3-1)44-39-23-10-6-17-33(39)34-19-12-18-30(42(34)44)28-25-26-41-38(27-28)43(37-22-9-11-24-40(37)45-41)35-20-7-4-15-31(35)32-16-5-8-21-36(32)43/h1-27H/i2D,3D,4D,5D,6D,7D,8D,9D,10D,11D,12D,13D,14D,15D,16D,17D,18D,19D,20D,21D,22D,23D,24D,25D,26D,27D. The first kappa shape index (κ1) is 10.4. The van der Waals surface area contributed by atoms with Crippen LogP contribution in [0.3, 0.4) is 0 Å². The number of para-hydroxylation sites is 4. The minimum Gasteiger partial charge on any atom is -0.457 e. The van der Waals surface area contributed by atoms with Gasteiger partial charge in [0.05, 0.1) is 52.1 Å². The Morgan fingerprint density at radius 3 is 1.91 bits per heavy atom. The zero-order valence-electron chi connectivity index (χ0n) is 48.4. The minimum absolute atomic E-state index is 0.538. The van der Waals surface area contributed by atoms with Crippen LogP contribution in [0.5, 0.6) is 11.5 Å². The summed E-state index contributed by atoms with van der Waals surface area (Å²) in [4.78, 5) is 0. The van der Waals surface area contributed by atoms with E-state index in [1.165, 1.54) is 0 Å². The molecule has 0 fully saturated rings. The van der Waals surface area contributed by atoms with Crippen LogP contribution >= 0.6 is 0 Å². The van der Waals surface area contributed by atoms with E-state index in [1.807, 2.05) is 0 Å². The van der Waals surface area contributed by atoms with Gasteiger partial charge in [0.25, 0.3) is 0 Å². The maximum Gasteiger partial charge on any atom is 0.132 e. The number of hydrogen-bond acceptors (Lipinski definition) is 1. The molecule has 0 unspecified atom stereocenters. The van der Waals surface area contributed by atoms with E-state index in [9.17, 15) is 13.7 Å². The summed E-state index contributed by atoms with van der Waals surface area (Å²) >= 11 is 0. The predicted molar refractivity (Wildman–Crippen MR) is 184 cm³/mol. The van der Waals surface area contributed by atoms with Crippen molar-refractivity contribution in [3.8, 4) is 39.4 Å². The second-order valence-electron chi connectivity index (χ2n) is 10.1. The van der Waals surface area contributed by atoms with E-state index in [0.29, 0.717) is 0 Å². The van der Waals surface area contributed by atoms with Gasteiger partial charge in [-0.15, -0.1) is 0 Å². The molecule has 0 saturated heterocycles. The molecule has 8 aromatic rings. The van der Waals surface area contributed by atoms with Crippen LogP contribution in [0.2, 0.25) is 0 Å². The van der Waals surface area contributed by atoms with Gasteiger partial charge in [0.2, 0.25) is 0 Å². The maximum atomic E-state index is 10.4. The van der Waals surface area contributed by atoms with Crippen LogP contribution in [-0.4, -0.2) is 4.57 Å². The van der Waals surface area contributed by atoms with Crippen LogP contribution < -0.4 is 4.74 Å². The second kappa shape index (κ2) is 9.07. The molecule has 7 aromatic carbocycles. The van der Waals surface area contributed by atoms with Crippen LogP contribution in [0.1, 0.15) is 57.9 Å². The van der Waals surface area contributed by atoms with Crippen molar-refractivity contribution in [3.63, 3.8) is 0 Å². The molecule has 45 heavy (non-hydrogen) atoms. The smallest absolute Gasteiger partial charge is 0.132 e. The fourth-order valence-electron chi connectivity index (χ4n) is 6.28.